The highest BCUT2D eigenvalue weighted by atomic mass is 19.4. The van der Waals surface area contributed by atoms with E-state index in [9.17, 15) is 13.2 Å². The van der Waals surface area contributed by atoms with E-state index in [1.807, 2.05) is 6.07 Å². The Hall–Kier alpha value is -2.48. The molecule has 0 fully saturated rings. The van der Waals surface area contributed by atoms with E-state index in [-0.39, 0.29) is 5.56 Å². The van der Waals surface area contributed by atoms with Gasteiger partial charge in [0.15, 0.2) is 0 Å². The van der Waals surface area contributed by atoms with Crippen molar-refractivity contribution in [2.75, 3.05) is 0 Å². The lowest BCUT2D eigenvalue weighted by atomic mass is 10.0. The monoisotopic (exact) mass is 263 g/mol. The fourth-order valence-electron chi connectivity index (χ4n) is 1.65. The van der Waals surface area contributed by atoms with Crippen molar-refractivity contribution in [3.05, 3.63) is 54.1 Å². The van der Waals surface area contributed by atoms with Crippen molar-refractivity contribution in [1.82, 2.24) is 0 Å². The first-order valence-electron chi connectivity index (χ1n) is 5.34. The number of nitriles is 1. The molecule has 0 radical (unpaired) electrons. The third-order valence-electron chi connectivity index (χ3n) is 2.38. The lowest BCUT2D eigenvalue weighted by molar-refractivity contribution is -0.274. The number of alkyl halides is 3. The number of nitrogens with zero attached hydrogens (tertiary/aromatic N) is 1. The molecule has 2 aromatic rings. The van der Waals surface area contributed by atoms with Gasteiger partial charge >= 0.3 is 6.36 Å². The van der Waals surface area contributed by atoms with Gasteiger partial charge in [0.05, 0.1) is 11.6 Å². The van der Waals surface area contributed by atoms with Crippen molar-refractivity contribution in [1.29, 1.82) is 5.26 Å². The van der Waals surface area contributed by atoms with Gasteiger partial charge in [-0.1, -0.05) is 30.3 Å². The molecular weight excluding hydrogens is 255 g/mol. The fraction of sp³-hybridized carbons (Fsp3) is 0.0714. The van der Waals surface area contributed by atoms with Gasteiger partial charge in [-0.15, -0.1) is 13.2 Å². The Labute approximate surface area is 107 Å². The van der Waals surface area contributed by atoms with Crippen LogP contribution in [0.15, 0.2) is 48.5 Å². The lowest BCUT2D eigenvalue weighted by Crippen LogP contribution is -2.17. The molecule has 0 amide bonds. The van der Waals surface area contributed by atoms with Gasteiger partial charge in [-0.05, 0) is 29.3 Å². The molecule has 0 bridgehead atoms. The van der Waals surface area contributed by atoms with Gasteiger partial charge in [0.25, 0.3) is 0 Å². The summed E-state index contributed by atoms with van der Waals surface area (Å²) in [7, 11) is 0. The minimum absolute atomic E-state index is 0.112. The Morgan fingerprint density at radius 3 is 2.21 bits per heavy atom. The zero-order chi connectivity index (χ0) is 13.9. The van der Waals surface area contributed by atoms with E-state index in [1.165, 1.54) is 12.1 Å². The molecule has 0 aliphatic carbocycles. The van der Waals surface area contributed by atoms with Gasteiger partial charge in [-0.25, -0.2) is 0 Å². The van der Waals surface area contributed by atoms with Crippen LogP contribution in [0.1, 0.15) is 5.56 Å². The maximum atomic E-state index is 12.2. The molecular formula is C14H8F3NO. The van der Waals surface area contributed by atoms with Gasteiger partial charge in [-0.2, -0.15) is 5.26 Å². The van der Waals surface area contributed by atoms with Gasteiger partial charge in [0.2, 0.25) is 0 Å². The lowest BCUT2D eigenvalue weighted by Gasteiger charge is -2.11. The van der Waals surface area contributed by atoms with E-state index >= 15 is 0 Å². The SMILES string of the molecule is N#Cc1cc(OC(F)(F)F)cc(-c2ccccc2)c1. The molecule has 0 unspecified atom stereocenters. The maximum Gasteiger partial charge on any atom is 0.573 e. The Morgan fingerprint density at radius 2 is 1.63 bits per heavy atom. The van der Waals surface area contributed by atoms with Crippen molar-refractivity contribution in [2.24, 2.45) is 0 Å². The summed E-state index contributed by atoms with van der Waals surface area (Å²) in [6.45, 7) is 0. The van der Waals surface area contributed by atoms with E-state index in [0.717, 1.165) is 6.07 Å². The first kappa shape index (κ1) is 13.0. The first-order chi connectivity index (χ1) is 8.98. The minimum Gasteiger partial charge on any atom is -0.406 e. The molecule has 0 saturated carbocycles. The molecule has 0 atom stereocenters. The van der Waals surface area contributed by atoms with Crippen LogP contribution in [0.5, 0.6) is 5.75 Å². The zero-order valence-corrected chi connectivity index (χ0v) is 9.61. The zero-order valence-electron chi connectivity index (χ0n) is 9.61. The summed E-state index contributed by atoms with van der Waals surface area (Å²) in [4.78, 5) is 0. The Bertz CT molecular complexity index is 615. The number of rotatable bonds is 2. The molecule has 0 aliphatic heterocycles. The molecule has 19 heavy (non-hydrogen) atoms. The van der Waals surface area contributed by atoms with Crippen LogP contribution >= 0.6 is 0 Å². The van der Waals surface area contributed by atoms with Crippen LogP contribution in [0.25, 0.3) is 11.1 Å². The summed E-state index contributed by atoms with van der Waals surface area (Å²) in [5.41, 5.74) is 1.33. The molecule has 2 nitrogen and oxygen atoms in total. The third-order valence-corrected chi connectivity index (χ3v) is 2.38. The topological polar surface area (TPSA) is 33.0 Å². The summed E-state index contributed by atoms with van der Waals surface area (Å²) >= 11 is 0. The van der Waals surface area contributed by atoms with Crippen molar-refractivity contribution in [3.8, 4) is 22.9 Å². The fourth-order valence-corrected chi connectivity index (χ4v) is 1.65. The van der Waals surface area contributed by atoms with Gasteiger partial charge in [0.1, 0.15) is 5.75 Å². The van der Waals surface area contributed by atoms with E-state index in [0.29, 0.717) is 11.1 Å². The van der Waals surface area contributed by atoms with Crippen molar-refractivity contribution in [2.45, 2.75) is 6.36 Å². The largest absolute Gasteiger partial charge is 0.573 e. The van der Waals surface area contributed by atoms with E-state index in [2.05, 4.69) is 4.74 Å². The Balaban J connectivity index is 2.46. The van der Waals surface area contributed by atoms with Gasteiger partial charge in [0, 0.05) is 0 Å². The maximum absolute atomic E-state index is 12.2. The van der Waals surface area contributed by atoms with E-state index in [1.54, 1.807) is 30.3 Å². The second-order valence-electron chi connectivity index (χ2n) is 3.77. The highest BCUT2D eigenvalue weighted by Gasteiger charge is 2.31. The van der Waals surface area contributed by atoms with Crippen molar-refractivity contribution in [3.63, 3.8) is 0 Å². The van der Waals surface area contributed by atoms with E-state index < -0.39 is 12.1 Å². The predicted octanol–water partition coefficient (Wildman–Crippen LogP) is 4.12. The van der Waals surface area contributed by atoms with Crippen LogP contribution in [0.2, 0.25) is 0 Å². The molecule has 0 saturated heterocycles. The first-order valence-corrected chi connectivity index (χ1v) is 5.34. The highest BCUT2D eigenvalue weighted by molar-refractivity contribution is 5.67. The third kappa shape index (κ3) is 3.49. The number of benzene rings is 2. The van der Waals surface area contributed by atoms with Crippen LogP contribution in [-0.4, -0.2) is 6.36 Å². The quantitative estimate of drug-likeness (QED) is 0.816. The normalized spacial score (nSPS) is 10.8. The summed E-state index contributed by atoms with van der Waals surface area (Å²) < 4.78 is 40.5. The number of hydrogen-bond donors (Lipinski definition) is 0. The van der Waals surface area contributed by atoms with Crippen LogP contribution in [0, 0.1) is 11.3 Å². The summed E-state index contributed by atoms with van der Waals surface area (Å²) in [6.07, 6.45) is -4.78. The Kier molecular flexibility index (Phi) is 3.43. The van der Waals surface area contributed by atoms with Gasteiger partial charge in [-0.3, -0.25) is 0 Å². The minimum atomic E-state index is -4.78. The second-order valence-corrected chi connectivity index (χ2v) is 3.77. The number of hydrogen-bond acceptors (Lipinski definition) is 2. The standard InChI is InChI=1S/C14H8F3NO/c15-14(16,17)19-13-7-10(9-18)6-12(8-13)11-4-2-1-3-5-11/h1-8H. The molecule has 0 N–H and O–H groups in total. The molecule has 0 heterocycles. The van der Waals surface area contributed by atoms with Crippen LogP contribution in [-0.2, 0) is 0 Å². The van der Waals surface area contributed by atoms with Crippen LogP contribution in [0.3, 0.4) is 0 Å². The summed E-state index contributed by atoms with van der Waals surface area (Å²) in [5, 5.41) is 8.84. The highest BCUT2D eigenvalue weighted by Crippen LogP contribution is 2.29. The Morgan fingerprint density at radius 1 is 0.947 bits per heavy atom. The number of ether oxygens (including phenoxy) is 1. The molecule has 0 aromatic heterocycles. The predicted molar refractivity (Wildman–Crippen MR) is 63.3 cm³/mol. The summed E-state index contributed by atoms with van der Waals surface area (Å²) in [6, 6.07) is 14.4. The average molecular weight is 263 g/mol. The van der Waals surface area contributed by atoms with Crippen LogP contribution < -0.4 is 4.74 Å². The molecule has 2 rings (SSSR count). The van der Waals surface area contributed by atoms with E-state index in [4.69, 9.17) is 5.26 Å². The van der Waals surface area contributed by atoms with Crippen molar-refractivity contribution >= 4 is 0 Å². The summed E-state index contributed by atoms with van der Waals surface area (Å²) in [5.74, 6) is -0.398. The van der Waals surface area contributed by atoms with Crippen molar-refractivity contribution < 1.29 is 17.9 Å². The average Bonchev–Trinajstić information content (AvgIpc) is 2.37. The smallest absolute Gasteiger partial charge is 0.406 e. The molecule has 96 valence electrons. The van der Waals surface area contributed by atoms with Crippen LogP contribution in [0.4, 0.5) is 13.2 Å². The molecule has 0 spiro atoms. The molecule has 5 heteroatoms. The molecule has 2 aromatic carbocycles. The van der Waals surface area contributed by atoms with Gasteiger partial charge < -0.3 is 4.74 Å². The second kappa shape index (κ2) is 5.02. The molecule has 0 aliphatic rings. The number of halogens is 3.